The molecule has 3 aromatic carbocycles. The van der Waals surface area contributed by atoms with Crippen molar-refractivity contribution in [1.82, 2.24) is 15.1 Å². The minimum absolute atomic E-state index is 0.187. The molecule has 1 saturated heterocycles. The molecule has 35 heavy (non-hydrogen) atoms. The van der Waals surface area contributed by atoms with Crippen LogP contribution in [0.15, 0.2) is 83.4 Å². The van der Waals surface area contributed by atoms with E-state index in [9.17, 15) is 4.39 Å². The Hall–Kier alpha value is -4.26. The van der Waals surface area contributed by atoms with Crippen molar-refractivity contribution in [2.75, 3.05) is 36.0 Å². The highest BCUT2D eigenvalue weighted by atomic mass is 19.1. The third kappa shape index (κ3) is 4.10. The summed E-state index contributed by atoms with van der Waals surface area (Å²) in [5.41, 5.74) is 4.46. The van der Waals surface area contributed by atoms with E-state index >= 15 is 0 Å². The van der Waals surface area contributed by atoms with Crippen LogP contribution in [0.3, 0.4) is 0 Å². The molecule has 6 nitrogen and oxygen atoms in total. The summed E-state index contributed by atoms with van der Waals surface area (Å²) in [6.07, 6.45) is 0. The first-order valence-electron chi connectivity index (χ1n) is 11.7. The average Bonchev–Trinajstić information content (AvgIpc) is 3.39. The Morgan fingerprint density at radius 1 is 0.800 bits per heavy atom. The molecular weight excluding hydrogens is 441 g/mol. The molecule has 6 rings (SSSR count). The number of para-hydroxylation sites is 2. The van der Waals surface area contributed by atoms with E-state index in [0.717, 1.165) is 40.9 Å². The normalized spacial score (nSPS) is 14.0. The SMILES string of the molecule is Cc1ccc(-c2noc(-c3cc(N4CCN(c5ccccc5F)CC4)nc4ccccc34)n2)cc1. The molecule has 174 valence electrons. The van der Waals surface area contributed by atoms with E-state index in [0.29, 0.717) is 30.5 Å². The lowest BCUT2D eigenvalue weighted by atomic mass is 10.1. The molecule has 0 atom stereocenters. The molecule has 0 spiro atoms. The number of aryl methyl sites for hydroxylation is 1. The van der Waals surface area contributed by atoms with Crippen molar-refractivity contribution in [1.29, 1.82) is 0 Å². The first-order chi connectivity index (χ1) is 17.2. The van der Waals surface area contributed by atoms with Gasteiger partial charge in [0.25, 0.3) is 5.89 Å². The van der Waals surface area contributed by atoms with Gasteiger partial charge >= 0.3 is 0 Å². The van der Waals surface area contributed by atoms with Gasteiger partial charge in [0.1, 0.15) is 11.6 Å². The number of fused-ring (bicyclic) bond motifs is 1. The van der Waals surface area contributed by atoms with Crippen LogP contribution in [-0.2, 0) is 0 Å². The molecular formula is C28H24FN5O. The zero-order valence-electron chi connectivity index (χ0n) is 19.4. The summed E-state index contributed by atoms with van der Waals surface area (Å²) in [6.45, 7) is 4.94. The highest BCUT2D eigenvalue weighted by Crippen LogP contribution is 2.32. The van der Waals surface area contributed by atoms with Gasteiger partial charge in [-0.25, -0.2) is 9.37 Å². The van der Waals surface area contributed by atoms with Crippen LogP contribution in [0.1, 0.15) is 5.56 Å². The number of piperazine rings is 1. The van der Waals surface area contributed by atoms with Crippen molar-refractivity contribution in [3.05, 3.63) is 90.2 Å². The Balaban J connectivity index is 1.32. The van der Waals surface area contributed by atoms with E-state index in [4.69, 9.17) is 14.5 Å². The van der Waals surface area contributed by atoms with Crippen molar-refractivity contribution in [3.8, 4) is 22.8 Å². The van der Waals surface area contributed by atoms with Gasteiger partial charge in [-0.15, -0.1) is 0 Å². The molecule has 2 aromatic heterocycles. The summed E-state index contributed by atoms with van der Waals surface area (Å²) < 4.78 is 20.0. The Morgan fingerprint density at radius 2 is 1.51 bits per heavy atom. The van der Waals surface area contributed by atoms with Crippen LogP contribution in [0.25, 0.3) is 33.7 Å². The minimum Gasteiger partial charge on any atom is -0.366 e. The van der Waals surface area contributed by atoms with E-state index in [-0.39, 0.29) is 5.82 Å². The molecule has 3 heterocycles. The smallest absolute Gasteiger partial charge is 0.259 e. The number of hydrogen-bond donors (Lipinski definition) is 0. The number of benzene rings is 3. The number of nitrogens with zero attached hydrogens (tertiary/aromatic N) is 5. The van der Waals surface area contributed by atoms with Crippen molar-refractivity contribution >= 4 is 22.4 Å². The fourth-order valence-electron chi connectivity index (χ4n) is 4.54. The third-order valence-electron chi connectivity index (χ3n) is 6.47. The second kappa shape index (κ2) is 8.83. The van der Waals surface area contributed by atoms with E-state index in [1.54, 1.807) is 6.07 Å². The Bertz CT molecular complexity index is 1490. The maximum atomic E-state index is 14.3. The van der Waals surface area contributed by atoms with Crippen LogP contribution < -0.4 is 9.80 Å². The fraction of sp³-hybridized carbons (Fsp3) is 0.179. The number of halogens is 1. The molecule has 0 amide bonds. The van der Waals surface area contributed by atoms with Gasteiger partial charge in [0.15, 0.2) is 0 Å². The summed E-state index contributed by atoms with van der Waals surface area (Å²) >= 11 is 0. The minimum atomic E-state index is -0.187. The molecule has 5 aromatic rings. The molecule has 1 aliphatic heterocycles. The number of hydrogen-bond acceptors (Lipinski definition) is 6. The van der Waals surface area contributed by atoms with Crippen molar-refractivity contribution in [2.24, 2.45) is 0 Å². The third-order valence-corrected chi connectivity index (χ3v) is 6.47. The van der Waals surface area contributed by atoms with Gasteiger partial charge in [-0.3, -0.25) is 0 Å². The average molecular weight is 466 g/mol. The second-order valence-corrected chi connectivity index (χ2v) is 8.76. The van der Waals surface area contributed by atoms with Crippen LogP contribution in [0.2, 0.25) is 0 Å². The molecule has 0 unspecified atom stereocenters. The van der Waals surface area contributed by atoms with Crippen LogP contribution in [0.5, 0.6) is 0 Å². The van der Waals surface area contributed by atoms with Gasteiger partial charge in [-0.2, -0.15) is 4.98 Å². The van der Waals surface area contributed by atoms with E-state index in [1.807, 2.05) is 73.7 Å². The standard InChI is InChI=1S/C28H24FN5O/c1-19-10-12-20(13-11-19)27-31-28(35-32-27)22-18-26(30-24-8-4-2-6-21(22)24)34-16-14-33(15-17-34)25-9-5-3-7-23(25)29/h2-13,18H,14-17H2,1H3. The summed E-state index contributed by atoms with van der Waals surface area (Å²) in [5, 5.41) is 5.19. The summed E-state index contributed by atoms with van der Waals surface area (Å²) in [6, 6.07) is 25.0. The molecule has 7 heteroatoms. The molecule has 0 aliphatic carbocycles. The summed E-state index contributed by atoms with van der Waals surface area (Å²) in [7, 11) is 0. The molecule has 0 radical (unpaired) electrons. The topological polar surface area (TPSA) is 58.3 Å². The first kappa shape index (κ1) is 21.3. The predicted molar refractivity (Wildman–Crippen MR) is 136 cm³/mol. The molecule has 1 fully saturated rings. The zero-order chi connectivity index (χ0) is 23.8. The highest BCUT2D eigenvalue weighted by Gasteiger charge is 2.22. The predicted octanol–water partition coefficient (Wildman–Crippen LogP) is 5.73. The zero-order valence-corrected chi connectivity index (χ0v) is 19.4. The second-order valence-electron chi connectivity index (χ2n) is 8.76. The first-order valence-corrected chi connectivity index (χ1v) is 11.7. The van der Waals surface area contributed by atoms with E-state index in [1.165, 1.54) is 11.6 Å². The number of anilines is 2. The Labute approximate surface area is 202 Å². The van der Waals surface area contributed by atoms with E-state index < -0.39 is 0 Å². The summed E-state index contributed by atoms with van der Waals surface area (Å²) in [5.74, 6) is 1.68. The fourth-order valence-corrected chi connectivity index (χ4v) is 4.54. The Kier molecular flexibility index (Phi) is 5.37. The quantitative estimate of drug-likeness (QED) is 0.338. The maximum absolute atomic E-state index is 14.3. The van der Waals surface area contributed by atoms with Gasteiger partial charge in [0.05, 0.1) is 16.8 Å². The molecule has 0 saturated carbocycles. The lowest BCUT2D eigenvalue weighted by molar-refractivity contribution is 0.432. The number of aromatic nitrogens is 3. The Morgan fingerprint density at radius 3 is 2.31 bits per heavy atom. The largest absolute Gasteiger partial charge is 0.366 e. The molecule has 0 N–H and O–H groups in total. The van der Waals surface area contributed by atoms with Crippen LogP contribution in [0.4, 0.5) is 15.9 Å². The number of pyridine rings is 1. The van der Waals surface area contributed by atoms with Gasteiger partial charge < -0.3 is 14.3 Å². The van der Waals surface area contributed by atoms with Crippen LogP contribution in [-0.4, -0.2) is 41.3 Å². The molecule has 1 aliphatic rings. The molecule has 0 bridgehead atoms. The van der Waals surface area contributed by atoms with Crippen molar-refractivity contribution in [3.63, 3.8) is 0 Å². The van der Waals surface area contributed by atoms with E-state index in [2.05, 4.69) is 15.0 Å². The van der Waals surface area contributed by atoms with Crippen molar-refractivity contribution < 1.29 is 8.91 Å². The highest BCUT2D eigenvalue weighted by molar-refractivity contribution is 5.94. The van der Waals surface area contributed by atoms with Crippen LogP contribution >= 0.6 is 0 Å². The van der Waals surface area contributed by atoms with Gasteiger partial charge in [0.2, 0.25) is 5.82 Å². The van der Waals surface area contributed by atoms with Crippen molar-refractivity contribution in [2.45, 2.75) is 6.92 Å². The summed E-state index contributed by atoms with van der Waals surface area (Å²) in [4.78, 5) is 13.9. The monoisotopic (exact) mass is 465 g/mol. The van der Waals surface area contributed by atoms with Crippen LogP contribution in [0, 0.1) is 12.7 Å². The van der Waals surface area contributed by atoms with Gasteiger partial charge in [-0.05, 0) is 31.2 Å². The number of rotatable bonds is 4. The lowest BCUT2D eigenvalue weighted by Crippen LogP contribution is -2.47. The lowest BCUT2D eigenvalue weighted by Gasteiger charge is -2.37. The maximum Gasteiger partial charge on any atom is 0.259 e. The van der Waals surface area contributed by atoms with Gasteiger partial charge in [0, 0.05) is 37.1 Å². The van der Waals surface area contributed by atoms with Gasteiger partial charge in [-0.1, -0.05) is 65.3 Å².